The van der Waals surface area contributed by atoms with Gasteiger partial charge in [-0.25, -0.2) is 23.5 Å². The number of aromatic hydroxyl groups is 1. The van der Waals surface area contributed by atoms with Crippen LogP contribution in [0.4, 0.5) is 25.3 Å². The number of aromatic nitrogens is 3. The molecule has 0 bridgehead atoms. The second-order valence-electron chi connectivity index (χ2n) is 20.0. The van der Waals surface area contributed by atoms with Gasteiger partial charge >= 0.3 is 6.03 Å². The molecule has 3 fully saturated rings. The molecule has 2 saturated heterocycles. The molecule has 4 aromatic carbocycles. The van der Waals surface area contributed by atoms with Crippen LogP contribution in [0.2, 0.25) is 5.02 Å². The number of amides is 5. The van der Waals surface area contributed by atoms with E-state index in [0.29, 0.717) is 37.7 Å². The summed E-state index contributed by atoms with van der Waals surface area (Å²) < 4.78 is 43.7. The number of primary amides is 1. The Morgan fingerprint density at radius 2 is 1.67 bits per heavy atom. The van der Waals surface area contributed by atoms with Crippen LogP contribution in [0, 0.1) is 17.6 Å². The number of nitrogens with zero attached hydrogens (tertiary/aromatic N) is 7. The van der Waals surface area contributed by atoms with Crippen molar-refractivity contribution in [3.63, 3.8) is 0 Å². The van der Waals surface area contributed by atoms with Gasteiger partial charge in [-0.15, -0.1) is 11.3 Å². The summed E-state index contributed by atoms with van der Waals surface area (Å²) in [5.74, 6) is -1.62. The minimum absolute atomic E-state index is 0.00126. The number of phenols is 1. The highest BCUT2D eigenvalue weighted by Crippen LogP contribution is 2.44. The Morgan fingerprint density at radius 3 is 2.41 bits per heavy atom. The Bertz CT molecular complexity index is 3140. The van der Waals surface area contributed by atoms with Crippen molar-refractivity contribution < 1.29 is 42.5 Å². The van der Waals surface area contributed by atoms with Crippen LogP contribution >= 0.6 is 22.9 Å². The first-order chi connectivity index (χ1) is 37.7. The number of piperazine rings is 1. The van der Waals surface area contributed by atoms with Crippen molar-refractivity contribution in [1.29, 1.82) is 0 Å². The molecule has 4 heterocycles. The van der Waals surface area contributed by atoms with E-state index in [9.17, 15) is 24.3 Å². The van der Waals surface area contributed by atoms with E-state index in [2.05, 4.69) is 25.9 Å². The van der Waals surface area contributed by atoms with Gasteiger partial charge in [0.2, 0.25) is 23.7 Å². The minimum Gasteiger partial charge on any atom is -0.507 e. The Kier molecular flexibility index (Phi) is 18.1. The number of nitrogens with one attached hydrogen (secondary N) is 3. The molecule has 9 rings (SSSR count). The third kappa shape index (κ3) is 12.3. The summed E-state index contributed by atoms with van der Waals surface area (Å²) in [4.78, 5) is 73.7. The fourth-order valence-corrected chi connectivity index (χ4v) is 11.9. The lowest BCUT2D eigenvalue weighted by Gasteiger charge is -2.35. The van der Waals surface area contributed by atoms with Gasteiger partial charge in [0.15, 0.2) is 5.82 Å². The van der Waals surface area contributed by atoms with Crippen LogP contribution in [-0.4, -0.2) is 150 Å². The smallest absolute Gasteiger partial charge is 0.314 e. The number of ether oxygens (including phenoxy) is 2. The maximum absolute atomic E-state index is 16.5. The number of nitrogens with two attached hydrogens (primary N) is 1. The number of hydrogen-bond donors (Lipinski definition) is 5. The third-order valence-electron chi connectivity index (χ3n) is 15.1. The quantitative estimate of drug-likeness (QED) is 0.0457. The highest BCUT2D eigenvalue weighted by Gasteiger charge is 2.40. The van der Waals surface area contributed by atoms with E-state index in [4.69, 9.17) is 31.8 Å². The molecule has 78 heavy (non-hydrogen) atoms. The van der Waals surface area contributed by atoms with Crippen molar-refractivity contribution in [3.8, 4) is 33.9 Å². The van der Waals surface area contributed by atoms with Crippen LogP contribution in [0.15, 0.2) is 66.0 Å². The molecular formula is C56H66ClF2N11O7S. The number of thiazole rings is 1. The molecule has 6 aromatic rings. The van der Waals surface area contributed by atoms with Crippen LogP contribution in [0.3, 0.4) is 0 Å². The molecule has 2 aliphatic heterocycles. The summed E-state index contributed by atoms with van der Waals surface area (Å²) in [6.07, 6.45) is 6.82. The van der Waals surface area contributed by atoms with Gasteiger partial charge < -0.3 is 55.9 Å². The summed E-state index contributed by atoms with van der Waals surface area (Å²) in [5, 5.41) is 24.6. The Labute approximate surface area is 460 Å². The second kappa shape index (κ2) is 25.2. The molecule has 3 aliphatic rings. The van der Waals surface area contributed by atoms with Crippen molar-refractivity contribution in [1.82, 2.24) is 40.3 Å². The fourth-order valence-electron chi connectivity index (χ4n) is 10.6. The van der Waals surface area contributed by atoms with E-state index >= 15 is 8.78 Å². The first-order valence-electron chi connectivity index (χ1n) is 26.6. The first kappa shape index (κ1) is 55.8. The van der Waals surface area contributed by atoms with Crippen molar-refractivity contribution in [2.45, 2.75) is 76.4 Å². The first-order valence-corrected chi connectivity index (χ1v) is 27.9. The van der Waals surface area contributed by atoms with Crippen LogP contribution in [0.1, 0.15) is 69.3 Å². The molecule has 3 atom stereocenters. The predicted molar refractivity (Wildman–Crippen MR) is 298 cm³/mol. The number of carbonyl (C=O) groups is 4. The van der Waals surface area contributed by atoms with E-state index in [-0.39, 0.29) is 103 Å². The van der Waals surface area contributed by atoms with Gasteiger partial charge in [-0.1, -0.05) is 61.2 Å². The minimum atomic E-state index is -0.972. The summed E-state index contributed by atoms with van der Waals surface area (Å²) in [7, 11) is 3.41. The number of fused-ring (bicyclic) bond motifs is 2. The van der Waals surface area contributed by atoms with Gasteiger partial charge in [-0.2, -0.15) is 4.98 Å². The normalized spacial score (nSPS) is 16.8. The Morgan fingerprint density at radius 1 is 0.897 bits per heavy atom. The number of likely N-dealkylation sites (tertiary alicyclic amines) is 1. The molecule has 1 aliphatic carbocycles. The van der Waals surface area contributed by atoms with Gasteiger partial charge in [-0.3, -0.25) is 14.4 Å². The van der Waals surface area contributed by atoms with E-state index in [1.165, 1.54) is 23.1 Å². The lowest BCUT2D eigenvalue weighted by Crippen LogP contribution is -2.55. The molecule has 414 valence electrons. The van der Waals surface area contributed by atoms with E-state index < -0.39 is 41.1 Å². The number of likely N-dealkylation sites (N-methyl/N-ethyl adjacent to an activating group) is 2. The Balaban J connectivity index is 0.782. The lowest BCUT2D eigenvalue weighted by atomic mass is 9.83. The topological polar surface area (TPSA) is 221 Å². The lowest BCUT2D eigenvalue weighted by molar-refractivity contribution is -0.139. The number of carbonyl (C=O) groups excluding carboxylic acids is 4. The molecule has 18 nitrogen and oxygen atoms in total. The molecule has 22 heteroatoms. The molecule has 1 saturated carbocycles. The van der Waals surface area contributed by atoms with Gasteiger partial charge in [0.1, 0.15) is 46.3 Å². The number of benzene rings is 4. The number of phenolic OH excluding ortho intramolecular Hbond substituents is 1. The van der Waals surface area contributed by atoms with Crippen molar-refractivity contribution >= 4 is 80.1 Å². The maximum atomic E-state index is 16.5. The summed E-state index contributed by atoms with van der Waals surface area (Å²) in [6.45, 7) is 4.81. The largest absolute Gasteiger partial charge is 0.507 e. The number of rotatable bonds is 20. The highest BCUT2D eigenvalue weighted by atomic mass is 35.5. The van der Waals surface area contributed by atoms with Crippen LogP contribution < -0.4 is 31.3 Å². The molecule has 2 aromatic heterocycles. The monoisotopic (exact) mass is 1110 g/mol. The molecule has 0 spiro atoms. The highest BCUT2D eigenvalue weighted by molar-refractivity contribution is 7.10. The predicted octanol–water partition coefficient (Wildman–Crippen LogP) is 8.10. The molecular weight excluding hydrogens is 1040 g/mol. The average molecular weight is 1110 g/mol. The number of urea groups is 1. The summed E-state index contributed by atoms with van der Waals surface area (Å²) in [6, 6.07) is 15.3. The van der Waals surface area contributed by atoms with E-state index in [1.54, 1.807) is 37.3 Å². The number of anilines is 2. The van der Waals surface area contributed by atoms with Crippen LogP contribution in [0.25, 0.3) is 44.1 Å². The molecule has 5 amide bonds. The van der Waals surface area contributed by atoms with Gasteiger partial charge in [0, 0.05) is 86.6 Å². The van der Waals surface area contributed by atoms with Crippen molar-refractivity contribution in [2.75, 3.05) is 89.9 Å². The summed E-state index contributed by atoms with van der Waals surface area (Å²) >= 11 is 8.14. The average Bonchev–Trinajstić information content (AvgIpc) is 4.26. The molecule has 6 N–H and O–H groups in total. The Hall–Kier alpha value is -6.94. The fraction of sp³-hybridized carbons (Fsp3) is 0.446. The SMILES string of the molecule is CN[C@@H](C)C(=O)NC(C(=O)N1CCC[C@H]1c1nc(-c2ccc(OCCOCCN(C)C(=O)CCNc3nc(N4CCN(C(N)=O)CC4)c4cc(Cl)c(-c5c(O)cccc5F)c(F)c4n3)c3ccccc23)cs1)C1CCCCC1. The van der Waals surface area contributed by atoms with Crippen LogP contribution in [0.5, 0.6) is 11.5 Å². The van der Waals surface area contributed by atoms with Crippen molar-refractivity contribution in [3.05, 3.63) is 87.7 Å². The standard InChI is InChI=1S/C56H66ClF2N11O7S/c1-33(61-2)52(73)64-49(34-11-5-4-6-12-34)54(74)70-22-10-16-42(70)53-63-41(32-78-53)36-18-19-44(37-14-8-7-13-35(36)37)77-30-29-76-28-27-67(3)45(72)20-21-62-56-65-50-38(51(66-56)68-23-25-69(26-24-68)55(60)75)31-39(57)46(48(50)59)47-40(58)15-9-17-43(47)71/h7-9,13-15,17-19,31-34,42,49,61,71H,4-6,10-12,16,20-30H2,1-3H3,(H2,60,75)(H,64,73)(H,62,65,66)/t33-,42-,49?/m0/s1. The van der Waals surface area contributed by atoms with Gasteiger partial charge in [0.25, 0.3) is 0 Å². The zero-order valence-corrected chi connectivity index (χ0v) is 45.6. The maximum Gasteiger partial charge on any atom is 0.314 e. The zero-order valence-electron chi connectivity index (χ0n) is 44.0. The van der Waals surface area contributed by atoms with Gasteiger partial charge in [0.05, 0.1) is 41.6 Å². The van der Waals surface area contributed by atoms with Crippen LogP contribution in [-0.2, 0) is 19.1 Å². The zero-order chi connectivity index (χ0) is 55.0. The number of halogens is 3. The molecule has 0 radical (unpaired) electrons. The third-order valence-corrected chi connectivity index (χ3v) is 16.4. The summed E-state index contributed by atoms with van der Waals surface area (Å²) in [5.41, 5.74) is 6.31. The van der Waals surface area contributed by atoms with E-state index in [0.717, 1.165) is 78.0 Å². The number of hydrogen-bond acceptors (Lipinski definition) is 14. The molecule has 1 unspecified atom stereocenters. The van der Waals surface area contributed by atoms with Gasteiger partial charge in [-0.05, 0) is 81.3 Å². The van der Waals surface area contributed by atoms with Crippen molar-refractivity contribution in [2.24, 2.45) is 11.7 Å². The second-order valence-corrected chi connectivity index (χ2v) is 21.3. The van der Waals surface area contributed by atoms with E-state index in [1.807, 2.05) is 51.6 Å².